The van der Waals surface area contributed by atoms with Gasteiger partial charge in [-0.05, 0) is 40.0 Å². The first-order valence-corrected chi connectivity index (χ1v) is 8.43. The van der Waals surface area contributed by atoms with Crippen LogP contribution in [0.15, 0.2) is 0 Å². The molecule has 2 unspecified atom stereocenters. The Labute approximate surface area is 132 Å². The van der Waals surface area contributed by atoms with Crippen molar-refractivity contribution >= 4 is 11.8 Å². The van der Waals surface area contributed by atoms with E-state index >= 15 is 0 Å². The maximum atomic E-state index is 12.4. The highest BCUT2D eigenvalue weighted by atomic mass is 16.5. The number of morpholine rings is 1. The van der Waals surface area contributed by atoms with E-state index in [0.29, 0.717) is 13.2 Å². The third kappa shape index (κ3) is 4.68. The highest BCUT2D eigenvalue weighted by Gasteiger charge is 2.32. The molecule has 6 nitrogen and oxygen atoms in total. The number of ether oxygens (including phenoxy) is 1. The van der Waals surface area contributed by atoms with Gasteiger partial charge in [0.05, 0.1) is 12.7 Å². The van der Waals surface area contributed by atoms with Gasteiger partial charge in [0.1, 0.15) is 6.04 Å². The lowest BCUT2D eigenvalue weighted by Crippen LogP contribution is -2.57. The number of amides is 2. The zero-order chi connectivity index (χ0) is 16.1. The van der Waals surface area contributed by atoms with Gasteiger partial charge in [-0.25, -0.2) is 0 Å². The molecular weight excluding hydrogens is 282 g/mol. The predicted octanol–water partition coefficient (Wildman–Crippen LogP) is 0.563. The second kappa shape index (κ2) is 7.92. The number of rotatable bonds is 4. The molecule has 1 aliphatic carbocycles. The number of nitrogens with one attached hydrogen (secondary N) is 3. The van der Waals surface area contributed by atoms with Crippen LogP contribution in [0.25, 0.3) is 0 Å². The summed E-state index contributed by atoms with van der Waals surface area (Å²) < 4.78 is 5.52. The van der Waals surface area contributed by atoms with Crippen molar-refractivity contribution in [2.24, 2.45) is 5.92 Å². The van der Waals surface area contributed by atoms with Crippen LogP contribution in [0, 0.1) is 5.92 Å². The Morgan fingerprint density at radius 1 is 1.23 bits per heavy atom. The van der Waals surface area contributed by atoms with E-state index in [1.807, 2.05) is 20.8 Å². The van der Waals surface area contributed by atoms with Gasteiger partial charge in [-0.1, -0.05) is 6.42 Å². The Kier molecular flexibility index (Phi) is 6.20. The van der Waals surface area contributed by atoms with Crippen LogP contribution in [0.3, 0.4) is 0 Å². The molecule has 22 heavy (non-hydrogen) atoms. The summed E-state index contributed by atoms with van der Waals surface area (Å²) in [6.07, 6.45) is 3.44. The third-order valence-corrected chi connectivity index (χ3v) is 4.42. The van der Waals surface area contributed by atoms with Gasteiger partial charge in [-0.15, -0.1) is 0 Å². The van der Waals surface area contributed by atoms with Crippen molar-refractivity contribution in [2.45, 2.75) is 70.7 Å². The lowest BCUT2D eigenvalue weighted by Gasteiger charge is -2.33. The topological polar surface area (TPSA) is 79.5 Å². The minimum Gasteiger partial charge on any atom is -0.375 e. The van der Waals surface area contributed by atoms with Crippen molar-refractivity contribution in [1.29, 1.82) is 0 Å². The zero-order valence-electron chi connectivity index (χ0n) is 13.9. The van der Waals surface area contributed by atoms with Gasteiger partial charge in [-0.3, -0.25) is 9.59 Å². The minimum atomic E-state index is -0.293. The quantitative estimate of drug-likeness (QED) is 0.709. The molecule has 1 heterocycles. The summed E-state index contributed by atoms with van der Waals surface area (Å²) in [6.45, 7) is 7.20. The maximum Gasteiger partial charge on any atom is 0.240 e. The molecule has 0 aromatic rings. The molecule has 0 bridgehead atoms. The lowest BCUT2D eigenvalue weighted by atomic mass is 9.84. The van der Waals surface area contributed by atoms with Crippen molar-refractivity contribution in [3.63, 3.8) is 0 Å². The first-order chi connectivity index (χ1) is 10.5. The summed E-state index contributed by atoms with van der Waals surface area (Å²) in [7, 11) is 0. The van der Waals surface area contributed by atoms with Crippen molar-refractivity contribution in [3.05, 3.63) is 0 Å². The Morgan fingerprint density at radius 3 is 2.68 bits per heavy atom. The Morgan fingerprint density at radius 2 is 2.00 bits per heavy atom. The van der Waals surface area contributed by atoms with E-state index in [-0.39, 0.29) is 42.0 Å². The van der Waals surface area contributed by atoms with Crippen LogP contribution >= 0.6 is 0 Å². The molecule has 0 spiro atoms. The lowest BCUT2D eigenvalue weighted by molar-refractivity contribution is -0.131. The molecule has 0 aromatic carbocycles. The molecule has 0 aromatic heterocycles. The summed E-state index contributed by atoms with van der Waals surface area (Å²) in [4.78, 5) is 24.5. The fraction of sp³-hybridized carbons (Fsp3) is 0.875. The highest BCUT2D eigenvalue weighted by molar-refractivity contribution is 5.83. The number of hydrogen-bond acceptors (Lipinski definition) is 4. The highest BCUT2D eigenvalue weighted by Crippen LogP contribution is 2.25. The van der Waals surface area contributed by atoms with E-state index in [1.54, 1.807) is 0 Å². The molecule has 0 radical (unpaired) electrons. The summed E-state index contributed by atoms with van der Waals surface area (Å²) in [6, 6.07) is -0.0504. The molecule has 4 atom stereocenters. The largest absolute Gasteiger partial charge is 0.375 e. The fourth-order valence-electron chi connectivity index (χ4n) is 3.28. The van der Waals surface area contributed by atoms with Crippen LogP contribution in [0.4, 0.5) is 0 Å². The van der Waals surface area contributed by atoms with Crippen LogP contribution in [0.5, 0.6) is 0 Å². The molecule has 3 N–H and O–H groups in total. The molecule has 1 saturated heterocycles. The van der Waals surface area contributed by atoms with Crippen LogP contribution in [0.1, 0.15) is 46.5 Å². The first kappa shape index (κ1) is 17.2. The summed E-state index contributed by atoms with van der Waals surface area (Å²) in [5.74, 6) is 0.109. The van der Waals surface area contributed by atoms with Gasteiger partial charge in [-0.2, -0.15) is 0 Å². The third-order valence-electron chi connectivity index (χ3n) is 4.42. The van der Waals surface area contributed by atoms with Crippen molar-refractivity contribution in [3.8, 4) is 0 Å². The van der Waals surface area contributed by atoms with Crippen molar-refractivity contribution in [1.82, 2.24) is 16.0 Å². The van der Waals surface area contributed by atoms with Gasteiger partial charge in [0.2, 0.25) is 11.8 Å². The molecule has 2 amide bonds. The molecule has 126 valence electrons. The monoisotopic (exact) mass is 311 g/mol. The summed E-state index contributed by atoms with van der Waals surface area (Å²) in [5.41, 5.74) is 0. The van der Waals surface area contributed by atoms with Gasteiger partial charge >= 0.3 is 0 Å². The SMILES string of the molecule is CC(C)NC(=O)C1CCCC(NC(=O)[C@H]2NCCO[C@@H]2C)C1. The van der Waals surface area contributed by atoms with Crippen LogP contribution in [-0.4, -0.2) is 49.2 Å². The maximum absolute atomic E-state index is 12.4. The van der Waals surface area contributed by atoms with E-state index in [0.717, 1.165) is 25.7 Å². The summed E-state index contributed by atoms with van der Waals surface area (Å²) >= 11 is 0. The molecule has 1 aliphatic heterocycles. The average molecular weight is 311 g/mol. The van der Waals surface area contributed by atoms with E-state index < -0.39 is 0 Å². The number of hydrogen-bond donors (Lipinski definition) is 3. The van der Waals surface area contributed by atoms with Gasteiger partial charge in [0.25, 0.3) is 0 Å². The van der Waals surface area contributed by atoms with Gasteiger partial charge < -0.3 is 20.7 Å². The smallest absolute Gasteiger partial charge is 0.240 e. The van der Waals surface area contributed by atoms with E-state index in [9.17, 15) is 9.59 Å². The van der Waals surface area contributed by atoms with E-state index in [4.69, 9.17) is 4.74 Å². The van der Waals surface area contributed by atoms with Crippen molar-refractivity contribution < 1.29 is 14.3 Å². The second-order valence-corrected chi connectivity index (χ2v) is 6.74. The van der Waals surface area contributed by atoms with E-state index in [2.05, 4.69) is 16.0 Å². The number of carbonyl (C=O) groups is 2. The molecule has 2 aliphatic rings. The van der Waals surface area contributed by atoms with E-state index in [1.165, 1.54) is 0 Å². The molecule has 2 fully saturated rings. The molecule has 2 rings (SSSR count). The van der Waals surface area contributed by atoms with Crippen LogP contribution in [0.2, 0.25) is 0 Å². The zero-order valence-corrected chi connectivity index (χ0v) is 13.9. The molecule has 6 heteroatoms. The molecule has 1 saturated carbocycles. The predicted molar refractivity (Wildman–Crippen MR) is 84.4 cm³/mol. The standard InChI is InChI=1S/C16H29N3O3/c1-10(2)18-15(20)12-5-4-6-13(9-12)19-16(21)14-11(3)22-8-7-17-14/h10-14,17H,4-9H2,1-3H3,(H,18,20)(H,19,21)/t11-,12?,13?,14+/m1/s1. The molecular formula is C16H29N3O3. The normalized spacial score (nSPS) is 32.5. The van der Waals surface area contributed by atoms with Crippen LogP contribution < -0.4 is 16.0 Å². The van der Waals surface area contributed by atoms with Gasteiger partial charge in [0, 0.05) is 24.5 Å². The fourth-order valence-corrected chi connectivity index (χ4v) is 3.28. The Hall–Kier alpha value is -1.14. The van der Waals surface area contributed by atoms with Gasteiger partial charge in [0.15, 0.2) is 0 Å². The Balaban J connectivity index is 1.84. The summed E-state index contributed by atoms with van der Waals surface area (Å²) in [5, 5.41) is 9.27. The number of carbonyl (C=O) groups excluding carboxylic acids is 2. The van der Waals surface area contributed by atoms with Crippen LogP contribution in [-0.2, 0) is 14.3 Å². The second-order valence-electron chi connectivity index (χ2n) is 6.74. The first-order valence-electron chi connectivity index (χ1n) is 8.43. The Bertz CT molecular complexity index is 400. The minimum absolute atomic E-state index is 0.00874. The van der Waals surface area contributed by atoms with Crippen molar-refractivity contribution in [2.75, 3.05) is 13.2 Å². The average Bonchev–Trinajstić information content (AvgIpc) is 2.47.